The van der Waals surface area contributed by atoms with Gasteiger partial charge in [0.05, 0.1) is 10.8 Å². The zero-order valence-electron chi connectivity index (χ0n) is 12.6. The molecule has 0 aromatic carbocycles. The molecule has 19 heavy (non-hydrogen) atoms. The van der Waals surface area contributed by atoms with Crippen molar-refractivity contribution in [3.05, 3.63) is 0 Å². The Labute approximate surface area is 115 Å². The van der Waals surface area contributed by atoms with Crippen LogP contribution >= 0.6 is 0 Å². The highest BCUT2D eigenvalue weighted by molar-refractivity contribution is 5.85. The number of rotatable bonds is 5. The van der Waals surface area contributed by atoms with E-state index in [0.717, 1.165) is 32.4 Å². The Bertz CT molecular complexity index is 334. The number of carbonyl (C=O) groups is 2. The van der Waals surface area contributed by atoms with Crippen LogP contribution in [0.1, 0.15) is 40.0 Å². The average Bonchev–Trinajstić information content (AvgIpc) is 2.44. The molecule has 0 saturated carbocycles. The highest BCUT2D eigenvalue weighted by Gasteiger charge is 2.38. The fourth-order valence-corrected chi connectivity index (χ4v) is 2.53. The summed E-state index contributed by atoms with van der Waals surface area (Å²) < 4.78 is 0. The third-order valence-electron chi connectivity index (χ3n) is 4.16. The van der Waals surface area contributed by atoms with Gasteiger partial charge in [0.25, 0.3) is 0 Å². The summed E-state index contributed by atoms with van der Waals surface area (Å²) in [6.07, 6.45) is 2.77. The van der Waals surface area contributed by atoms with E-state index in [1.54, 1.807) is 7.05 Å². The van der Waals surface area contributed by atoms with Gasteiger partial charge in [0, 0.05) is 20.1 Å². The standard InChI is InChI=1S/C14H27N3O2/c1-5-14(7-6-8-16-10-14)12(19)17-9-13(2,3)11(18)15-4/h16H,5-10H2,1-4H3,(H,15,18)(H,17,19). The van der Waals surface area contributed by atoms with Crippen molar-refractivity contribution in [2.75, 3.05) is 26.7 Å². The van der Waals surface area contributed by atoms with Crippen LogP contribution in [0.3, 0.4) is 0 Å². The molecule has 2 amide bonds. The number of carbonyl (C=O) groups excluding carboxylic acids is 2. The lowest BCUT2D eigenvalue weighted by atomic mass is 9.77. The molecule has 0 aromatic heterocycles. The first kappa shape index (κ1) is 16.0. The summed E-state index contributed by atoms with van der Waals surface area (Å²) >= 11 is 0. The summed E-state index contributed by atoms with van der Waals surface area (Å²) in [6, 6.07) is 0. The SMILES string of the molecule is CCC1(C(=O)NCC(C)(C)C(=O)NC)CCCNC1. The Morgan fingerprint density at radius 1 is 1.37 bits per heavy atom. The fraction of sp³-hybridized carbons (Fsp3) is 0.857. The van der Waals surface area contributed by atoms with Crippen molar-refractivity contribution in [2.24, 2.45) is 10.8 Å². The van der Waals surface area contributed by atoms with Gasteiger partial charge in [-0.1, -0.05) is 6.92 Å². The first-order chi connectivity index (χ1) is 8.88. The maximum atomic E-state index is 12.4. The van der Waals surface area contributed by atoms with Gasteiger partial charge >= 0.3 is 0 Å². The molecule has 0 radical (unpaired) electrons. The zero-order chi connectivity index (χ0) is 14.5. The molecule has 1 rings (SSSR count). The third kappa shape index (κ3) is 3.69. The largest absolute Gasteiger partial charge is 0.359 e. The summed E-state index contributed by atoms with van der Waals surface area (Å²) in [5.74, 6) is 0.0132. The van der Waals surface area contributed by atoms with Crippen LogP contribution in [-0.4, -0.2) is 38.5 Å². The summed E-state index contributed by atoms with van der Waals surface area (Å²) in [4.78, 5) is 24.1. The van der Waals surface area contributed by atoms with Crippen LogP contribution in [0.25, 0.3) is 0 Å². The first-order valence-electron chi connectivity index (χ1n) is 7.09. The van der Waals surface area contributed by atoms with E-state index >= 15 is 0 Å². The molecule has 5 heteroatoms. The van der Waals surface area contributed by atoms with E-state index in [1.807, 2.05) is 13.8 Å². The molecular weight excluding hydrogens is 242 g/mol. The molecule has 1 aliphatic heterocycles. The molecule has 1 heterocycles. The number of hydrogen-bond donors (Lipinski definition) is 3. The smallest absolute Gasteiger partial charge is 0.227 e. The van der Waals surface area contributed by atoms with Gasteiger partial charge in [-0.25, -0.2) is 0 Å². The normalized spacial score (nSPS) is 23.8. The molecule has 1 atom stereocenters. The molecule has 1 unspecified atom stereocenters. The van der Waals surface area contributed by atoms with E-state index in [1.165, 1.54) is 0 Å². The maximum Gasteiger partial charge on any atom is 0.227 e. The Balaban J connectivity index is 2.61. The summed E-state index contributed by atoms with van der Waals surface area (Å²) in [5, 5.41) is 8.89. The Morgan fingerprint density at radius 3 is 2.53 bits per heavy atom. The Hall–Kier alpha value is -1.10. The van der Waals surface area contributed by atoms with Crippen molar-refractivity contribution >= 4 is 11.8 Å². The third-order valence-corrected chi connectivity index (χ3v) is 4.16. The zero-order valence-corrected chi connectivity index (χ0v) is 12.6. The van der Waals surface area contributed by atoms with Gasteiger partial charge in [0.2, 0.25) is 11.8 Å². The van der Waals surface area contributed by atoms with Gasteiger partial charge in [-0.3, -0.25) is 9.59 Å². The molecular formula is C14H27N3O2. The van der Waals surface area contributed by atoms with Crippen molar-refractivity contribution < 1.29 is 9.59 Å². The number of amides is 2. The minimum atomic E-state index is -0.582. The molecule has 0 spiro atoms. The number of hydrogen-bond acceptors (Lipinski definition) is 3. The lowest BCUT2D eigenvalue weighted by Crippen LogP contribution is -2.53. The quantitative estimate of drug-likeness (QED) is 0.686. The van der Waals surface area contributed by atoms with Crippen molar-refractivity contribution in [1.29, 1.82) is 0 Å². The summed E-state index contributed by atoms with van der Waals surface area (Å²) in [6.45, 7) is 7.81. The average molecular weight is 269 g/mol. The predicted octanol–water partition coefficient (Wildman–Crippen LogP) is 0.655. The van der Waals surface area contributed by atoms with E-state index < -0.39 is 5.41 Å². The van der Waals surface area contributed by atoms with Gasteiger partial charge in [0.1, 0.15) is 0 Å². The van der Waals surface area contributed by atoms with Crippen molar-refractivity contribution in [3.63, 3.8) is 0 Å². The predicted molar refractivity (Wildman–Crippen MR) is 75.7 cm³/mol. The van der Waals surface area contributed by atoms with E-state index in [9.17, 15) is 9.59 Å². The van der Waals surface area contributed by atoms with E-state index in [2.05, 4.69) is 22.9 Å². The lowest BCUT2D eigenvalue weighted by Gasteiger charge is -2.36. The molecule has 3 N–H and O–H groups in total. The second-order valence-electron chi connectivity index (χ2n) is 6.06. The Morgan fingerprint density at radius 2 is 2.05 bits per heavy atom. The highest BCUT2D eigenvalue weighted by Crippen LogP contribution is 2.30. The van der Waals surface area contributed by atoms with Crippen LogP contribution in [0, 0.1) is 10.8 Å². The van der Waals surface area contributed by atoms with E-state index in [4.69, 9.17) is 0 Å². The van der Waals surface area contributed by atoms with Crippen LogP contribution in [0.2, 0.25) is 0 Å². The summed E-state index contributed by atoms with van der Waals surface area (Å²) in [5.41, 5.74) is -0.890. The molecule has 1 aliphatic rings. The van der Waals surface area contributed by atoms with Gasteiger partial charge < -0.3 is 16.0 Å². The van der Waals surface area contributed by atoms with Gasteiger partial charge in [-0.05, 0) is 39.7 Å². The molecule has 1 saturated heterocycles. The van der Waals surface area contributed by atoms with E-state index in [0.29, 0.717) is 6.54 Å². The fourth-order valence-electron chi connectivity index (χ4n) is 2.53. The van der Waals surface area contributed by atoms with Crippen LogP contribution in [0.15, 0.2) is 0 Å². The first-order valence-corrected chi connectivity index (χ1v) is 7.09. The van der Waals surface area contributed by atoms with Crippen LogP contribution in [-0.2, 0) is 9.59 Å². The van der Waals surface area contributed by atoms with Crippen molar-refractivity contribution in [2.45, 2.75) is 40.0 Å². The second-order valence-corrected chi connectivity index (χ2v) is 6.06. The molecule has 5 nitrogen and oxygen atoms in total. The lowest BCUT2D eigenvalue weighted by molar-refractivity contribution is -0.134. The van der Waals surface area contributed by atoms with E-state index in [-0.39, 0.29) is 17.2 Å². The minimum Gasteiger partial charge on any atom is -0.359 e. The number of nitrogens with one attached hydrogen (secondary N) is 3. The highest BCUT2D eigenvalue weighted by atomic mass is 16.2. The van der Waals surface area contributed by atoms with Crippen LogP contribution in [0.4, 0.5) is 0 Å². The van der Waals surface area contributed by atoms with Gasteiger partial charge in [-0.15, -0.1) is 0 Å². The molecule has 110 valence electrons. The van der Waals surface area contributed by atoms with Crippen LogP contribution in [0.5, 0.6) is 0 Å². The molecule has 0 bridgehead atoms. The molecule has 0 aliphatic carbocycles. The Kier molecular flexibility index (Phi) is 5.35. The topological polar surface area (TPSA) is 70.2 Å². The van der Waals surface area contributed by atoms with Gasteiger partial charge in [-0.2, -0.15) is 0 Å². The molecule has 1 fully saturated rings. The molecule has 0 aromatic rings. The monoisotopic (exact) mass is 269 g/mol. The van der Waals surface area contributed by atoms with Crippen molar-refractivity contribution in [3.8, 4) is 0 Å². The van der Waals surface area contributed by atoms with Crippen molar-refractivity contribution in [1.82, 2.24) is 16.0 Å². The second kappa shape index (κ2) is 6.37. The summed E-state index contributed by atoms with van der Waals surface area (Å²) in [7, 11) is 1.62. The number of piperidine rings is 1. The van der Waals surface area contributed by atoms with Gasteiger partial charge in [0.15, 0.2) is 0 Å². The maximum absolute atomic E-state index is 12.4. The van der Waals surface area contributed by atoms with Crippen LogP contribution < -0.4 is 16.0 Å². The minimum absolute atomic E-state index is 0.0554.